The van der Waals surface area contributed by atoms with Gasteiger partial charge in [0.25, 0.3) is 0 Å². The molecule has 0 unspecified atom stereocenters. The van der Waals surface area contributed by atoms with E-state index in [1.807, 2.05) is 0 Å². The molecule has 0 aromatic heterocycles. The lowest BCUT2D eigenvalue weighted by molar-refractivity contribution is 1.12. The van der Waals surface area contributed by atoms with Crippen LogP contribution in [0.1, 0.15) is 11.1 Å². The SMILES string of the molecule is CN(C)c1cc2c(cc1Br)CC=C2. The van der Waals surface area contributed by atoms with Crippen LogP contribution in [0.4, 0.5) is 5.69 Å². The Labute approximate surface area is 87.2 Å². The molecule has 0 amide bonds. The fraction of sp³-hybridized carbons (Fsp3) is 0.273. The van der Waals surface area contributed by atoms with Crippen molar-refractivity contribution < 1.29 is 0 Å². The summed E-state index contributed by atoms with van der Waals surface area (Å²) in [5.74, 6) is 0. The average molecular weight is 238 g/mol. The molecular formula is C11H12BrN. The van der Waals surface area contributed by atoms with Gasteiger partial charge in [-0.25, -0.2) is 0 Å². The van der Waals surface area contributed by atoms with E-state index in [1.165, 1.54) is 21.3 Å². The number of nitrogens with zero attached hydrogens (tertiary/aromatic N) is 1. The van der Waals surface area contributed by atoms with Crippen LogP contribution < -0.4 is 4.90 Å². The first-order chi connectivity index (χ1) is 6.18. The van der Waals surface area contributed by atoms with Gasteiger partial charge >= 0.3 is 0 Å². The van der Waals surface area contributed by atoms with Crippen molar-refractivity contribution in [1.29, 1.82) is 0 Å². The zero-order valence-corrected chi connectivity index (χ0v) is 9.43. The van der Waals surface area contributed by atoms with E-state index < -0.39 is 0 Å². The van der Waals surface area contributed by atoms with E-state index >= 15 is 0 Å². The zero-order chi connectivity index (χ0) is 9.42. The minimum atomic E-state index is 1.07. The van der Waals surface area contributed by atoms with Gasteiger partial charge in [-0.05, 0) is 45.6 Å². The number of anilines is 1. The van der Waals surface area contributed by atoms with Crippen molar-refractivity contribution in [3.8, 4) is 0 Å². The van der Waals surface area contributed by atoms with Gasteiger partial charge < -0.3 is 4.90 Å². The summed E-state index contributed by atoms with van der Waals surface area (Å²) in [6.07, 6.45) is 5.47. The monoisotopic (exact) mass is 237 g/mol. The van der Waals surface area contributed by atoms with Gasteiger partial charge in [-0.3, -0.25) is 0 Å². The Morgan fingerprint density at radius 3 is 2.77 bits per heavy atom. The maximum atomic E-state index is 3.58. The first-order valence-electron chi connectivity index (χ1n) is 4.35. The summed E-state index contributed by atoms with van der Waals surface area (Å²) in [5, 5.41) is 0. The van der Waals surface area contributed by atoms with Gasteiger partial charge in [-0.15, -0.1) is 0 Å². The molecule has 68 valence electrons. The molecule has 1 aromatic rings. The summed E-state index contributed by atoms with van der Waals surface area (Å²) >= 11 is 3.58. The molecular weight excluding hydrogens is 226 g/mol. The molecule has 0 N–H and O–H groups in total. The second kappa shape index (κ2) is 3.18. The van der Waals surface area contributed by atoms with Gasteiger partial charge in [-0.1, -0.05) is 12.2 Å². The van der Waals surface area contributed by atoms with Gasteiger partial charge in [0.1, 0.15) is 0 Å². The standard InChI is InChI=1S/C11H12BrN/c1-13(2)11-7-9-5-3-4-8(9)6-10(11)12/h3,5-7H,4H2,1-2H3. The van der Waals surface area contributed by atoms with Crippen molar-refractivity contribution in [3.63, 3.8) is 0 Å². The minimum Gasteiger partial charge on any atom is -0.377 e. The molecule has 0 radical (unpaired) electrons. The summed E-state index contributed by atoms with van der Waals surface area (Å²) in [6.45, 7) is 0. The van der Waals surface area contributed by atoms with E-state index in [4.69, 9.17) is 0 Å². The second-order valence-electron chi connectivity index (χ2n) is 3.50. The molecule has 0 spiro atoms. The molecule has 2 rings (SSSR count). The highest BCUT2D eigenvalue weighted by atomic mass is 79.9. The van der Waals surface area contributed by atoms with Crippen LogP contribution in [0.15, 0.2) is 22.7 Å². The van der Waals surface area contributed by atoms with Crippen LogP contribution in [-0.4, -0.2) is 14.1 Å². The highest BCUT2D eigenvalue weighted by Gasteiger charge is 2.10. The molecule has 1 aromatic carbocycles. The summed E-state index contributed by atoms with van der Waals surface area (Å²) in [6, 6.07) is 4.44. The van der Waals surface area contributed by atoms with Crippen LogP contribution in [0, 0.1) is 0 Å². The van der Waals surface area contributed by atoms with Crippen LogP contribution in [0.3, 0.4) is 0 Å². The van der Waals surface area contributed by atoms with E-state index in [-0.39, 0.29) is 0 Å². The molecule has 13 heavy (non-hydrogen) atoms. The number of halogens is 1. The smallest absolute Gasteiger partial charge is 0.0511 e. The van der Waals surface area contributed by atoms with Crippen LogP contribution in [0.25, 0.3) is 6.08 Å². The zero-order valence-electron chi connectivity index (χ0n) is 7.84. The van der Waals surface area contributed by atoms with Gasteiger partial charge in [0.2, 0.25) is 0 Å². The van der Waals surface area contributed by atoms with Crippen molar-refractivity contribution in [1.82, 2.24) is 0 Å². The fourth-order valence-electron chi connectivity index (χ4n) is 1.61. The average Bonchev–Trinajstić information content (AvgIpc) is 2.48. The number of benzene rings is 1. The third kappa shape index (κ3) is 1.51. The molecule has 0 atom stereocenters. The molecule has 0 saturated heterocycles. The van der Waals surface area contributed by atoms with E-state index in [0.717, 1.165) is 6.42 Å². The first kappa shape index (κ1) is 8.82. The van der Waals surface area contributed by atoms with Crippen molar-refractivity contribution in [2.24, 2.45) is 0 Å². The van der Waals surface area contributed by atoms with E-state index in [9.17, 15) is 0 Å². The predicted molar refractivity (Wildman–Crippen MR) is 61.2 cm³/mol. The number of fused-ring (bicyclic) bond motifs is 1. The van der Waals surface area contributed by atoms with E-state index in [1.54, 1.807) is 0 Å². The fourth-order valence-corrected chi connectivity index (χ4v) is 2.35. The van der Waals surface area contributed by atoms with Crippen molar-refractivity contribution >= 4 is 27.7 Å². The summed E-state index contributed by atoms with van der Waals surface area (Å²) in [7, 11) is 4.12. The summed E-state index contributed by atoms with van der Waals surface area (Å²) < 4.78 is 1.18. The third-order valence-corrected chi connectivity index (χ3v) is 2.96. The predicted octanol–water partition coefficient (Wildman–Crippen LogP) is 3.08. The Balaban J connectivity index is 2.54. The molecule has 1 aliphatic carbocycles. The first-order valence-corrected chi connectivity index (χ1v) is 5.14. The van der Waals surface area contributed by atoms with Gasteiger partial charge in [-0.2, -0.15) is 0 Å². The van der Waals surface area contributed by atoms with Gasteiger partial charge in [0.05, 0.1) is 5.69 Å². The molecule has 0 heterocycles. The van der Waals surface area contributed by atoms with Crippen molar-refractivity contribution in [2.45, 2.75) is 6.42 Å². The van der Waals surface area contributed by atoms with E-state index in [0.29, 0.717) is 0 Å². The Bertz CT molecular complexity index is 367. The van der Waals surface area contributed by atoms with Crippen molar-refractivity contribution in [2.75, 3.05) is 19.0 Å². The maximum Gasteiger partial charge on any atom is 0.0511 e. The molecule has 0 fully saturated rings. The lowest BCUT2D eigenvalue weighted by Gasteiger charge is -2.16. The highest BCUT2D eigenvalue weighted by Crippen LogP contribution is 2.31. The number of rotatable bonds is 1. The van der Waals surface area contributed by atoms with Crippen LogP contribution in [0.5, 0.6) is 0 Å². The second-order valence-corrected chi connectivity index (χ2v) is 4.36. The molecule has 1 aliphatic rings. The Hall–Kier alpha value is -0.760. The van der Waals surface area contributed by atoms with Gasteiger partial charge in [0, 0.05) is 18.6 Å². The van der Waals surface area contributed by atoms with Crippen LogP contribution >= 0.6 is 15.9 Å². The molecule has 0 bridgehead atoms. The normalized spacial score (nSPS) is 13.2. The highest BCUT2D eigenvalue weighted by molar-refractivity contribution is 9.10. The van der Waals surface area contributed by atoms with E-state index in [2.05, 4.69) is 59.2 Å². The Morgan fingerprint density at radius 2 is 2.08 bits per heavy atom. The molecule has 2 heteroatoms. The minimum absolute atomic E-state index is 1.07. The molecule has 1 nitrogen and oxygen atoms in total. The topological polar surface area (TPSA) is 3.24 Å². The molecule has 0 saturated carbocycles. The van der Waals surface area contributed by atoms with Crippen LogP contribution in [-0.2, 0) is 6.42 Å². The lowest BCUT2D eigenvalue weighted by atomic mass is 10.1. The third-order valence-electron chi connectivity index (χ3n) is 2.33. The number of hydrogen-bond donors (Lipinski definition) is 0. The van der Waals surface area contributed by atoms with Crippen molar-refractivity contribution in [3.05, 3.63) is 33.8 Å². The Morgan fingerprint density at radius 1 is 1.31 bits per heavy atom. The Kier molecular flexibility index (Phi) is 2.16. The maximum absolute atomic E-state index is 3.58. The molecule has 0 aliphatic heterocycles. The summed E-state index contributed by atoms with van der Waals surface area (Å²) in [5.41, 5.74) is 4.01. The largest absolute Gasteiger partial charge is 0.377 e. The number of allylic oxidation sites excluding steroid dienone is 1. The lowest BCUT2D eigenvalue weighted by Crippen LogP contribution is -2.09. The number of hydrogen-bond acceptors (Lipinski definition) is 1. The quantitative estimate of drug-likeness (QED) is 0.726. The summed E-state index contributed by atoms with van der Waals surface area (Å²) in [4.78, 5) is 2.12. The van der Waals surface area contributed by atoms with Crippen LogP contribution in [0.2, 0.25) is 0 Å². The van der Waals surface area contributed by atoms with Gasteiger partial charge in [0.15, 0.2) is 0 Å².